The van der Waals surface area contributed by atoms with Crippen molar-refractivity contribution in [2.24, 2.45) is 0 Å². The smallest absolute Gasteiger partial charge is 0.270 e. The Morgan fingerprint density at radius 1 is 1.44 bits per heavy atom. The van der Waals surface area contributed by atoms with Gasteiger partial charge in [-0.05, 0) is 19.1 Å². The van der Waals surface area contributed by atoms with Crippen LogP contribution in [0.2, 0.25) is 0 Å². The molecule has 2 rings (SSSR count). The number of nitrogens with one attached hydrogen (secondary N) is 1. The molecule has 0 spiro atoms. The first-order valence-corrected chi connectivity index (χ1v) is 5.72. The molecule has 1 aromatic carbocycles. The SMILES string of the molecule is C[C@@H](CO)NC(=O)c1cncn1-c1ccccc1. The number of imidazole rings is 1. The lowest BCUT2D eigenvalue weighted by molar-refractivity contribution is 0.0915. The second-order valence-corrected chi connectivity index (χ2v) is 4.04. The quantitative estimate of drug-likeness (QED) is 0.844. The Bertz CT molecular complexity index is 522. The van der Waals surface area contributed by atoms with Crippen LogP contribution in [0.4, 0.5) is 0 Å². The Morgan fingerprint density at radius 3 is 2.83 bits per heavy atom. The molecule has 1 atom stereocenters. The highest BCUT2D eigenvalue weighted by molar-refractivity contribution is 5.93. The molecule has 0 saturated carbocycles. The number of hydrogen-bond donors (Lipinski definition) is 2. The van der Waals surface area contributed by atoms with Crippen LogP contribution in [-0.2, 0) is 0 Å². The van der Waals surface area contributed by atoms with Gasteiger partial charge in [-0.1, -0.05) is 18.2 Å². The minimum atomic E-state index is -0.281. The first kappa shape index (κ1) is 12.3. The molecule has 0 aliphatic carbocycles. The van der Waals surface area contributed by atoms with Crippen LogP contribution in [0, 0.1) is 0 Å². The molecule has 5 nitrogen and oxygen atoms in total. The van der Waals surface area contributed by atoms with Crippen LogP contribution in [0.15, 0.2) is 42.9 Å². The number of amides is 1. The Balaban J connectivity index is 2.26. The zero-order chi connectivity index (χ0) is 13.0. The summed E-state index contributed by atoms with van der Waals surface area (Å²) in [5.74, 6) is -0.252. The van der Waals surface area contributed by atoms with Gasteiger partial charge in [-0.2, -0.15) is 0 Å². The standard InChI is InChI=1S/C13H15N3O2/c1-10(8-17)15-13(18)12-7-14-9-16(12)11-5-3-2-4-6-11/h2-7,9-10,17H,8H2,1H3,(H,15,18)/t10-/m0/s1. The van der Waals surface area contributed by atoms with E-state index in [1.54, 1.807) is 17.8 Å². The van der Waals surface area contributed by atoms with E-state index in [1.165, 1.54) is 6.20 Å². The van der Waals surface area contributed by atoms with Crippen molar-refractivity contribution in [2.45, 2.75) is 13.0 Å². The highest BCUT2D eigenvalue weighted by Gasteiger charge is 2.14. The van der Waals surface area contributed by atoms with E-state index >= 15 is 0 Å². The Hall–Kier alpha value is -2.14. The molecule has 0 saturated heterocycles. The fourth-order valence-electron chi connectivity index (χ4n) is 1.60. The maximum absolute atomic E-state index is 12.0. The van der Waals surface area contributed by atoms with Crippen molar-refractivity contribution < 1.29 is 9.90 Å². The van der Waals surface area contributed by atoms with E-state index in [2.05, 4.69) is 10.3 Å². The number of para-hydroxylation sites is 1. The lowest BCUT2D eigenvalue weighted by Crippen LogP contribution is -2.35. The lowest BCUT2D eigenvalue weighted by atomic mass is 10.3. The van der Waals surface area contributed by atoms with Crippen LogP contribution in [-0.4, -0.2) is 33.2 Å². The van der Waals surface area contributed by atoms with Crippen molar-refractivity contribution in [3.8, 4) is 5.69 Å². The van der Waals surface area contributed by atoms with E-state index in [-0.39, 0.29) is 18.6 Å². The van der Waals surface area contributed by atoms with Crippen LogP contribution in [0.1, 0.15) is 17.4 Å². The minimum absolute atomic E-state index is 0.0920. The summed E-state index contributed by atoms with van der Waals surface area (Å²) in [6, 6.07) is 9.22. The molecule has 18 heavy (non-hydrogen) atoms. The van der Waals surface area contributed by atoms with Crippen LogP contribution in [0.5, 0.6) is 0 Å². The molecular formula is C13H15N3O2. The van der Waals surface area contributed by atoms with Crippen molar-refractivity contribution in [1.82, 2.24) is 14.9 Å². The second-order valence-electron chi connectivity index (χ2n) is 4.04. The van der Waals surface area contributed by atoms with E-state index in [4.69, 9.17) is 5.11 Å². The van der Waals surface area contributed by atoms with Crippen LogP contribution in [0.3, 0.4) is 0 Å². The summed E-state index contributed by atoms with van der Waals surface area (Å²) in [6.07, 6.45) is 3.10. The lowest BCUT2D eigenvalue weighted by Gasteiger charge is -2.12. The van der Waals surface area contributed by atoms with Gasteiger partial charge >= 0.3 is 0 Å². The summed E-state index contributed by atoms with van der Waals surface area (Å²) in [6.45, 7) is 1.65. The molecule has 0 radical (unpaired) electrons. The summed E-state index contributed by atoms with van der Waals surface area (Å²) < 4.78 is 1.71. The van der Waals surface area contributed by atoms with Crippen molar-refractivity contribution in [1.29, 1.82) is 0 Å². The molecule has 1 heterocycles. The van der Waals surface area contributed by atoms with E-state index in [9.17, 15) is 4.79 Å². The summed E-state index contributed by atoms with van der Waals surface area (Å²) in [4.78, 5) is 16.0. The molecule has 0 fully saturated rings. The molecule has 0 aliphatic heterocycles. The largest absolute Gasteiger partial charge is 0.394 e. The first-order chi connectivity index (χ1) is 8.72. The highest BCUT2D eigenvalue weighted by atomic mass is 16.3. The molecule has 1 aromatic heterocycles. The molecule has 94 valence electrons. The molecule has 0 bridgehead atoms. The second kappa shape index (κ2) is 5.46. The molecule has 2 N–H and O–H groups in total. The summed E-state index contributed by atoms with van der Waals surface area (Å²) in [5.41, 5.74) is 1.32. The normalized spacial score (nSPS) is 12.1. The molecule has 0 aliphatic rings. The zero-order valence-electron chi connectivity index (χ0n) is 10.1. The van der Waals surface area contributed by atoms with Crippen molar-refractivity contribution in [3.05, 3.63) is 48.5 Å². The number of carbonyl (C=O) groups excluding carboxylic acids is 1. The number of aliphatic hydroxyl groups excluding tert-OH is 1. The average Bonchev–Trinajstić information content (AvgIpc) is 2.88. The number of hydrogen-bond acceptors (Lipinski definition) is 3. The van der Waals surface area contributed by atoms with Gasteiger partial charge in [0.05, 0.1) is 19.1 Å². The predicted molar refractivity (Wildman–Crippen MR) is 67.6 cm³/mol. The average molecular weight is 245 g/mol. The highest BCUT2D eigenvalue weighted by Crippen LogP contribution is 2.10. The Labute approximate surface area is 105 Å². The maximum atomic E-state index is 12.0. The summed E-state index contributed by atoms with van der Waals surface area (Å²) in [5, 5.41) is 11.6. The van der Waals surface area contributed by atoms with Gasteiger partial charge in [0.2, 0.25) is 0 Å². The number of carbonyl (C=O) groups is 1. The van der Waals surface area contributed by atoms with Gasteiger partial charge in [0.1, 0.15) is 5.69 Å². The van der Waals surface area contributed by atoms with Crippen molar-refractivity contribution in [3.63, 3.8) is 0 Å². The van der Waals surface area contributed by atoms with E-state index < -0.39 is 0 Å². The number of aliphatic hydroxyl groups is 1. The van der Waals surface area contributed by atoms with Gasteiger partial charge in [0.15, 0.2) is 0 Å². The van der Waals surface area contributed by atoms with Gasteiger partial charge in [-0.15, -0.1) is 0 Å². The molecule has 0 unspecified atom stereocenters. The fourth-order valence-corrected chi connectivity index (χ4v) is 1.60. The molecule has 1 amide bonds. The number of aromatic nitrogens is 2. The predicted octanol–water partition coefficient (Wildman–Crippen LogP) is 0.983. The number of nitrogens with zero attached hydrogens (tertiary/aromatic N) is 2. The molecule has 5 heteroatoms. The minimum Gasteiger partial charge on any atom is -0.394 e. The fraction of sp³-hybridized carbons (Fsp3) is 0.231. The third-order valence-electron chi connectivity index (χ3n) is 2.56. The van der Waals surface area contributed by atoms with Crippen LogP contribution >= 0.6 is 0 Å². The summed E-state index contributed by atoms with van der Waals surface area (Å²) >= 11 is 0. The van der Waals surface area contributed by atoms with Gasteiger partial charge in [-0.25, -0.2) is 4.98 Å². The van der Waals surface area contributed by atoms with Crippen molar-refractivity contribution >= 4 is 5.91 Å². The topological polar surface area (TPSA) is 67.2 Å². The first-order valence-electron chi connectivity index (χ1n) is 5.72. The van der Waals surface area contributed by atoms with Crippen LogP contribution < -0.4 is 5.32 Å². The number of rotatable bonds is 4. The Morgan fingerprint density at radius 2 is 2.17 bits per heavy atom. The van der Waals surface area contributed by atoms with Gasteiger partial charge in [0, 0.05) is 11.7 Å². The monoisotopic (exact) mass is 245 g/mol. The van der Waals surface area contributed by atoms with E-state index in [0.29, 0.717) is 5.69 Å². The maximum Gasteiger partial charge on any atom is 0.270 e. The van der Waals surface area contributed by atoms with E-state index in [0.717, 1.165) is 5.69 Å². The van der Waals surface area contributed by atoms with Gasteiger partial charge < -0.3 is 10.4 Å². The third-order valence-corrected chi connectivity index (χ3v) is 2.56. The third kappa shape index (κ3) is 2.57. The van der Waals surface area contributed by atoms with Gasteiger partial charge in [0.25, 0.3) is 5.91 Å². The zero-order valence-corrected chi connectivity index (χ0v) is 10.1. The number of benzene rings is 1. The summed E-state index contributed by atoms with van der Waals surface area (Å²) in [7, 11) is 0. The van der Waals surface area contributed by atoms with Gasteiger partial charge in [-0.3, -0.25) is 9.36 Å². The van der Waals surface area contributed by atoms with Crippen LogP contribution in [0.25, 0.3) is 5.69 Å². The van der Waals surface area contributed by atoms with Crippen molar-refractivity contribution in [2.75, 3.05) is 6.61 Å². The van der Waals surface area contributed by atoms with E-state index in [1.807, 2.05) is 30.3 Å². The Kier molecular flexibility index (Phi) is 3.74. The molecular weight excluding hydrogens is 230 g/mol. The molecule has 2 aromatic rings.